The Morgan fingerprint density at radius 3 is 2.70 bits per heavy atom. The van der Waals surface area contributed by atoms with E-state index in [0.717, 1.165) is 36.5 Å². The van der Waals surface area contributed by atoms with E-state index < -0.39 is 0 Å². The van der Waals surface area contributed by atoms with Gasteiger partial charge in [0.2, 0.25) is 0 Å². The van der Waals surface area contributed by atoms with Gasteiger partial charge in [0.15, 0.2) is 0 Å². The summed E-state index contributed by atoms with van der Waals surface area (Å²) in [6.07, 6.45) is 5.61. The molecule has 0 aliphatic carbocycles. The monoisotopic (exact) mass is 288 g/mol. The summed E-state index contributed by atoms with van der Waals surface area (Å²) in [6, 6.07) is 12.6. The molecule has 0 aliphatic heterocycles. The predicted octanol–water partition coefficient (Wildman–Crippen LogP) is 4.06. The highest BCUT2D eigenvalue weighted by molar-refractivity contribution is 6.31. The Hall–Kier alpha value is -1.38. The zero-order valence-corrected chi connectivity index (χ0v) is 12.6. The van der Waals surface area contributed by atoms with Crippen molar-refractivity contribution in [3.8, 4) is 0 Å². The van der Waals surface area contributed by atoms with Crippen LogP contribution in [0.2, 0.25) is 5.02 Å². The third kappa shape index (κ3) is 4.32. The summed E-state index contributed by atoms with van der Waals surface area (Å²) < 4.78 is 0. The Kier molecular flexibility index (Phi) is 6.03. The van der Waals surface area contributed by atoms with E-state index in [-0.39, 0.29) is 0 Å². The largest absolute Gasteiger partial charge is 0.316 e. The van der Waals surface area contributed by atoms with E-state index in [2.05, 4.69) is 47.6 Å². The van der Waals surface area contributed by atoms with Gasteiger partial charge < -0.3 is 5.32 Å². The normalized spacial score (nSPS) is 12.3. The molecule has 0 saturated heterocycles. The first-order valence-electron chi connectivity index (χ1n) is 7.15. The molecule has 106 valence electrons. The highest BCUT2D eigenvalue weighted by Crippen LogP contribution is 2.24. The Labute approximate surface area is 126 Å². The van der Waals surface area contributed by atoms with Crippen molar-refractivity contribution >= 4 is 11.6 Å². The van der Waals surface area contributed by atoms with Gasteiger partial charge >= 0.3 is 0 Å². The lowest BCUT2D eigenvalue weighted by atomic mass is 9.92. The predicted molar refractivity (Wildman–Crippen MR) is 85.3 cm³/mol. The first-order chi connectivity index (χ1) is 9.81. The van der Waals surface area contributed by atoms with Crippen LogP contribution in [0.4, 0.5) is 0 Å². The summed E-state index contributed by atoms with van der Waals surface area (Å²) in [6.45, 7) is 4.20. The third-order valence-corrected chi connectivity index (χ3v) is 3.75. The number of hydrogen-bond acceptors (Lipinski definition) is 2. The second kappa shape index (κ2) is 8.03. The van der Waals surface area contributed by atoms with E-state index in [4.69, 9.17) is 11.6 Å². The molecular weight excluding hydrogens is 268 g/mol. The van der Waals surface area contributed by atoms with Crippen LogP contribution in [0.15, 0.2) is 48.8 Å². The molecule has 0 saturated carbocycles. The molecule has 1 N–H and O–H groups in total. The Morgan fingerprint density at radius 1 is 1.20 bits per heavy atom. The van der Waals surface area contributed by atoms with Gasteiger partial charge in [-0.15, -0.1) is 0 Å². The fourth-order valence-electron chi connectivity index (χ4n) is 2.32. The molecule has 1 atom stereocenters. The zero-order chi connectivity index (χ0) is 14.2. The SMILES string of the molecule is CCCNCC(Cc1ccncc1Cl)c1ccccc1. The van der Waals surface area contributed by atoms with Crippen LogP contribution in [-0.2, 0) is 6.42 Å². The molecule has 0 amide bonds. The lowest BCUT2D eigenvalue weighted by molar-refractivity contribution is 0.576. The molecule has 2 nitrogen and oxygen atoms in total. The van der Waals surface area contributed by atoms with Crippen molar-refractivity contribution in [2.75, 3.05) is 13.1 Å². The van der Waals surface area contributed by atoms with Gasteiger partial charge in [0.25, 0.3) is 0 Å². The molecule has 0 fully saturated rings. The van der Waals surface area contributed by atoms with Gasteiger partial charge in [-0.05, 0) is 36.6 Å². The van der Waals surface area contributed by atoms with Crippen molar-refractivity contribution in [1.29, 1.82) is 0 Å². The van der Waals surface area contributed by atoms with E-state index in [1.54, 1.807) is 6.20 Å². The summed E-state index contributed by atoms with van der Waals surface area (Å²) in [7, 11) is 0. The van der Waals surface area contributed by atoms with Crippen LogP contribution in [0, 0.1) is 0 Å². The van der Waals surface area contributed by atoms with Gasteiger partial charge in [0, 0.05) is 24.9 Å². The number of pyridine rings is 1. The summed E-state index contributed by atoms with van der Waals surface area (Å²) in [5.74, 6) is 0.433. The van der Waals surface area contributed by atoms with Crippen molar-refractivity contribution in [3.05, 3.63) is 64.9 Å². The van der Waals surface area contributed by atoms with E-state index in [9.17, 15) is 0 Å². The maximum Gasteiger partial charge on any atom is 0.0621 e. The van der Waals surface area contributed by atoms with Gasteiger partial charge in [0.05, 0.1) is 5.02 Å². The molecule has 1 aromatic carbocycles. The van der Waals surface area contributed by atoms with E-state index in [1.807, 2.05) is 12.3 Å². The van der Waals surface area contributed by atoms with E-state index in [0.29, 0.717) is 5.92 Å². The summed E-state index contributed by atoms with van der Waals surface area (Å²) in [5, 5.41) is 4.27. The Morgan fingerprint density at radius 2 is 2.00 bits per heavy atom. The first kappa shape index (κ1) is 15.0. The average molecular weight is 289 g/mol. The van der Waals surface area contributed by atoms with Crippen LogP contribution in [-0.4, -0.2) is 18.1 Å². The number of halogens is 1. The van der Waals surface area contributed by atoms with Gasteiger partial charge in [-0.3, -0.25) is 4.98 Å². The molecule has 2 rings (SSSR count). The highest BCUT2D eigenvalue weighted by Gasteiger charge is 2.13. The van der Waals surface area contributed by atoms with Crippen LogP contribution in [0.1, 0.15) is 30.4 Å². The molecule has 0 aliphatic rings. The Balaban J connectivity index is 2.12. The average Bonchev–Trinajstić information content (AvgIpc) is 2.49. The molecule has 2 aromatic rings. The third-order valence-electron chi connectivity index (χ3n) is 3.41. The van der Waals surface area contributed by atoms with E-state index in [1.165, 1.54) is 5.56 Å². The van der Waals surface area contributed by atoms with Crippen molar-refractivity contribution in [2.45, 2.75) is 25.7 Å². The molecule has 0 radical (unpaired) electrons. The minimum absolute atomic E-state index is 0.433. The molecule has 20 heavy (non-hydrogen) atoms. The fraction of sp³-hybridized carbons (Fsp3) is 0.353. The molecule has 0 bridgehead atoms. The van der Waals surface area contributed by atoms with Crippen molar-refractivity contribution in [3.63, 3.8) is 0 Å². The zero-order valence-electron chi connectivity index (χ0n) is 11.8. The first-order valence-corrected chi connectivity index (χ1v) is 7.53. The van der Waals surface area contributed by atoms with Crippen LogP contribution in [0.3, 0.4) is 0 Å². The number of hydrogen-bond donors (Lipinski definition) is 1. The second-order valence-electron chi connectivity index (χ2n) is 4.98. The lowest BCUT2D eigenvalue weighted by Crippen LogP contribution is -2.23. The number of rotatable bonds is 7. The quantitative estimate of drug-likeness (QED) is 0.777. The summed E-state index contributed by atoms with van der Waals surface area (Å²) in [4.78, 5) is 4.05. The van der Waals surface area contributed by atoms with Crippen LogP contribution in [0.25, 0.3) is 0 Å². The summed E-state index contributed by atoms with van der Waals surface area (Å²) in [5.41, 5.74) is 2.51. The van der Waals surface area contributed by atoms with Gasteiger partial charge in [-0.2, -0.15) is 0 Å². The molecule has 1 aromatic heterocycles. The van der Waals surface area contributed by atoms with E-state index >= 15 is 0 Å². The van der Waals surface area contributed by atoms with Gasteiger partial charge in [0.1, 0.15) is 0 Å². The standard InChI is InChI=1S/C17H21ClN2/c1-2-9-19-12-16(14-6-4-3-5-7-14)11-15-8-10-20-13-17(15)18/h3-8,10,13,16,19H,2,9,11-12H2,1H3. The smallest absolute Gasteiger partial charge is 0.0621 e. The molecule has 1 unspecified atom stereocenters. The number of nitrogens with zero attached hydrogens (tertiary/aromatic N) is 1. The van der Waals surface area contributed by atoms with Gasteiger partial charge in [-0.1, -0.05) is 48.9 Å². The molecule has 0 spiro atoms. The van der Waals surface area contributed by atoms with Crippen LogP contribution >= 0.6 is 11.6 Å². The van der Waals surface area contributed by atoms with Gasteiger partial charge in [-0.25, -0.2) is 0 Å². The minimum atomic E-state index is 0.433. The second-order valence-corrected chi connectivity index (χ2v) is 5.39. The lowest BCUT2D eigenvalue weighted by Gasteiger charge is -2.19. The number of benzene rings is 1. The highest BCUT2D eigenvalue weighted by atomic mass is 35.5. The minimum Gasteiger partial charge on any atom is -0.316 e. The molecule has 3 heteroatoms. The Bertz CT molecular complexity index is 513. The maximum absolute atomic E-state index is 6.23. The molecule has 1 heterocycles. The van der Waals surface area contributed by atoms with Crippen LogP contribution in [0.5, 0.6) is 0 Å². The van der Waals surface area contributed by atoms with Crippen molar-refractivity contribution in [1.82, 2.24) is 10.3 Å². The fourth-order valence-corrected chi connectivity index (χ4v) is 2.52. The number of aromatic nitrogens is 1. The number of nitrogens with one attached hydrogen (secondary N) is 1. The molecular formula is C17H21ClN2. The topological polar surface area (TPSA) is 24.9 Å². The van der Waals surface area contributed by atoms with Crippen LogP contribution < -0.4 is 5.32 Å². The summed E-state index contributed by atoms with van der Waals surface area (Å²) >= 11 is 6.23. The van der Waals surface area contributed by atoms with Crippen molar-refractivity contribution in [2.24, 2.45) is 0 Å². The van der Waals surface area contributed by atoms with Crippen molar-refractivity contribution < 1.29 is 0 Å². The maximum atomic E-state index is 6.23.